The van der Waals surface area contributed by atoms with E-state index in [0.717, 1.165) is 47.5 Å². The number of rotatable bonds is 6. The van der Waals surface area contributed by atoms with E-state index in [1.165, 1.54) is 12.8 Å². The summed E-state index contributed by atoms with van der Waals surface area (Å²) in [6, 6.07) is 14.0. The minimum absolute atomic E-state index is 0.00224. The minimum Gasteiger partial charge on any atom is -0.392 e. The Morgan fingerprint density at radius 1 is 1.08 bits per heavy atom. The van der Waals surface area contributed by atoms with Gasteiger partial charge in [0.15, 0.2) is 0 Å². The molecule has 3 rings (SSSR count). The Morgan fingerprint density at radius 3 is 2.44 bits per heavy atom. The van der Waals surface area contributed by atoms with E-state index in [0.29, 0.717) is 6.54 Å². The Kier molecular flexibility index (Phi) is 5.71. The fourth-order valence-corrected chi connectivity index (χ4v) is 3.29. The van der Waals surface area contributed by atoms with Crippen LogP contribution < -0.4 is 10.2 Å². The first-order valence-corrected chi connectivity index (χ1v) is 9.00. The maximum Gasteiger partial charge on any atom is 0.253 e. The molecule has 0 aliphatic carbocycles. The Hall–Kier alpha value is -2.33. The molecule has 0 atom stereocenters. The predicted molar refractivity (Wildman–Crippen MR) is 101 cm³/mol. The Morgan fingerprint density at radius 2 is 1.76 bits per heavy atom. The van der Waals surface area contributed by atoms with Crippen molar-refractivity contribution >= 4 is 11.6 Å². The summed E-state index contributed by atoms with van der Waals surface area (Å²) < 4.78 is 0. The number of benzene rings is 2. The summed E-state index contributed by atoms with van der Waals surface area (Å²) in [5.74, 6) is -0.00224. The third-order valence-electron chi connectivity index (χ3n) is 4.75. The van der Waals surface area contributed by atoms with Gasteiger partial charge in [0, 0.05) is 25.3 Å². The Bertz CT molecular complexity index is 719. The standard InChI is InChI=1S/C21H26N2O2/c1-16-4-9-20(23-12-2-3-13-23)19(14-16)21(25)22-11-10-17-5-7-18(15-24)8-6-17/h4-9,14,24H,2-3,10-13,15H2,1H3,(H,22,25). The molecular weight excluding hydrogens is 312 g/mol. The van der Waals surface area contributed by atoms with E-state index < -0.39 is 0 Å². The summed E-state index contributed by atoms with van der Waals surface area (Å²) in [6.45, 7) is 4.74. The number of amides is 1. The second kappa shape index (κ2) is 8.17. The number of carbonyl (C=O) groups is 1. The van der Waals surface area contributed by atoms with Crippen molar-refractivity contribution in [3.63, 3.8) is 0 Å². The summed E-state index contributed by atoms with van der Waals surface area (Å²) in [7, 11) is 0. The van der Waals surface area contributed by atoms with Crippen LogP contribution in [0.3, 0.4) is 0 Å². The quantitative estimate of drug-likeness (QED) is 0.851. The average molecular weight is 338 g/mol. The smallest absolute Gasteiger partial charge is 0.253 e. The van der Waals surface area contributed by atoms with E-state index in [1.54, 1.807) is 0 Å². The number of aryl methyl sites for hydroxylation is 1. The summed E-state index contributed by atoms with van der Waals surface area (Å²) in [5.41, 5.74) is 4.99. The number of nitrogens with zero attached hydrogens (tertiary/aromatic N) is 1. The number of anilines is 1. The first kappa shape index (κ1) is 17.5. The zero-order chi connectivity index (χ0) is 17.6. The van der Waals surface area contributed by atoms with Crippen LogP contribution in [0.2, 0.25) is 0 Å². The maximum atomic E-state index is 12.7. The normalized spacial score (nSPS) is 13.9. The van der Waals surface area contributed by atoms with Crippen molar-refractivity contribution in [1.82, 2.24) is 5.32 Å². The highest BCUT2D eigenvalue weighted by molar-refractivity contribution is 6.00. The van der Waals surface area contributed by atoms with E-state index in [4.69, 9.17) is 5.11 Å². The van der Waals surface area contributed by atoms with Crippen molar-refractivity contribution in [2.75, 3.05) is 24.5 Å². The summed E-state index contributed by atoms with van der Waals surface area (Å²) in [4.78, 5) is 15.0. The monoisotopic (exact) mass is 338 g/mol. The van der Waals surface area contributed by atoms with Crippen LogP contribution in [0.1, 0.15) is 39.9 Å². The van der Waals surface area contributed by atoms with Crippen molar-refractivity contribution in [2.45, 2.75) is 32.8 Å². The molecule has 4 heteroatoms. The van der Waals surface area contributed by atoms with Gasteiger partial charge in [0.05, 0.1) is 12.2 Å². The van der Waals surface area contributed by atoms with Crippen LogP contribution in [-0.4, -0.2) is 30.6 Å². The fraction of sp³-hybridized carbons (Fsp3) is 0.381. The predicted octanol–water partition coefficient (Wildman–Crippen LogP) is 3.06. The van der Waals surface area contributed by atoms with Gasteiger partial charge in [-0.15, -0.1) is 0 Å². The molecule has 0 bridgehead atoms. The highest BCUT2D eigenvalue weighted by Gasteiger charge is 2.19. The molecule has 0 saturated carbocycles. The minimum atomic E-state index is -0.00224. The Labute approximate surface area is 149 Å². The lowest BCUT2D eigenvalue weighted by Crippen LogP contribution is -2.29. The SMILES string of the molecule is Cc1ccc(N2CCCC2)c(C(=O)NCCc2ccc(CO)cc2)c1. The highest BCUT2D eigenvalue weighted by Crippen LogP contribution is 2.25. The molecule has 1 heterocycles. The van der Waals surface area contributed by atoms with Gasteiger partial charge in [0.25, 0.3) is 5.91 Å². The molecule has 4 nitrogen and oxygen atoms in total. The van der Waals surface area contributed by atoms with Crippen molar-refractivity contribution in [3.05, 3.63) is 64.7 Å². The number of hydrogen-bond acceptors (Lipinski definition) is 3. The number of aliphatic hydroxyl groups excluding tert-OH is 1. The first-order valence-electron chi connectivity index (χ1n) is 9.00. The number of hydrogen-bond donors (Lipinski definition) is 2. The van der Waals surface area contributed by atoms with Gasteiger partial charge in [-0.25, -0.2) is 0 Å². The Balaban J connectivity index is 1.63. The molecule has 1 aliphatic heterocycles. The van der Waals surface area contributed by atoms with Gasteiger partial charge in [-0.1, -0.05) is 35.9 Å². The topological polar surface area (TPSA) is 52.6 Å². The molecule has 0 spiro atoms. The second-order valence-corrected chi connectivity index (χ2v) is 6.70. The van der Waals surface area contributed by atoms with Gasteiger partial charge in [0.1, 0.15) is 0 Å². The second-order valence-electron chi connectivity index (χ2n) is 6.70. The van der Waals surface area contributed by atoms with Crippen LogP contribution in [0.15, 0.2) is 42.5 Å². The van der Waals surface area contributed by atoms with E-state index in [2.05, 4.69) is 22.3 Å². The molecule has 1 saturated heterocycles. The molecule has 1 amide bonds. The third kappa shape index (κ3) is 4.40. The lowest BCUT2D eigenvalue weighted by Gasteiger charge is -2.21. The van der Waals surface area contributed by atoms with Crippen LogP contribution in [-0.2, 0) is 13.0 Å². The third-order valence-corrected chi connectivity index (χ3v) is 4.75. The fourth-order valence-electron chi connectivity index (χ4n) is 3.29. The molecule has 0 aromatic heterocycles. The molecule has 132 valence electrons. The van der Waals surface area contributed by atoms with Crippen molar-refractivity contribution in [2.24, 2.45) is 0 Å². The van der Waals surface area contributed by atoms with Crippen molar-refractivity contribution in [1.29, 1.82) is 0 Å². The molecule has 2 aromatic rings. The maximum absolute atomic E-state index is 12.7. The lowest BCUT2D eigenvalue weighted by atomic mass is 10.1. The van der Waals surface area contributed by atoms with Crippen LogP contribution in [0, 0.1) is 6.92 Å². The van der Waals surface area contributed by atoms with Gasteiger partial charge in [-0.2, -0.15) is 0 Å². The van der Waals surface area contributed by atoms with Gasteiger partial charge in [-0.05, 0) is 49.4 Å². The summed E-state index contributed by atoms with van der Waals surface area (Å²) >= 11 is 0. The zero-order valence-corrected chi connectivity index (χ0v) is 14.8. The van der Waals surface area contributed by atoms with Crippen LogP contribution in [0.5, 0.6) is 0 Å². The summed E-state index contributed by atoms with van der Waals surface area (Å²) in [5, 5.41) is 12.1. The molecular formula is C21H26N2O2. The number of carbonyl (C=O) groups excluding carboxylic acids is 1. The van der Waals surface area contributed by atoms with Crippen LogP contribution in [0.25, 0.3) is 0 Å². The first-order chi connectivity index (χ1) is 12.2. The molecule has 25 heavy (non-hydrogen) atoms. The van der Waals surface area contributed by atoms with E-state index in [-0.39, 0.29) is 12.5 Å². The lowest BCUT2D eigenvalue weighted by molar-refractivity contribution is 0.0954. The molecule has 1 fully saturated rings. The molecule has 0 unspecified atom stereocenters. The van der Waals surface area contributed by atoms with Crippen molar-refractivity contribution < 1.29 is 9.90 Å². The molecule has 2 N–H and O–H groups in total. The molecule has 2 aromatic carbocycles. The van der Waals surface area contributed by atoms with E-state index >= 15 is 0 Å². The van der Waals surface area contributed by atoms with Crippen molar-refractivity contribution in [3.8, 4) is 0 Å². The van der Waals surface area contributed by atoms with Gasteiger partial charge >= 0.3 is 0 Å². The zero-order valence-electron chi connectivity index (χ0n) is 14.8. The van der Waals surface area contributed by atoms with Gasteiger partial charge < -0.3 is 15.3 Å². The van der Waals surface area contributed by atoms with E-state index in [1.807, 2.05) is 37.3 Å². The summed E-state index contributed by atoms with van der Waals surface area (Å²) in [6.07, 6.45) is 3.17. The molecule has 0 radical (unpaired) electrons. The van der Waals surface area contributed by atoms with E-state index in [9.17, 15) is 4.79 Å². The number of nitrogens with one attached hydrogen (secondary N) is 1. The molecule has 1 aliphatic rings. The highest BCUT2D eigenvalue weighted by atomic mass is 16.3. The van der Waals surface area contributed by atoms with Gasteiger partial charge in [0.2, 0.25) is 0 Å². The number of aliphatic hydroxyl groups is 1. The van der Waals surface area contributed by atoms with Crippen LogP contribution >= 0.6 is 0 Å². The van der Waals surface area contributed by atoms with Gasteiger partial charge in [-0.3, -0.25) is 4.79 Å². The average Bonchev–Trinajstić information content (AvgIpc) is 3.16. The largest absolute Gasteiger partial charge is 0.392 e. The van der Waals surface area contributed by atoms with Crippen LogP contribution in [0.4, 0.5) is 5.69 Å².